The first-order valence-corrected chi connectivity index (χ1v) is 5.94. The molecule has 0 spiro atoms. The van der Waals surface area contributed by atoms with Crippen molar-refractivity contribution >= 4 is 27.6 Å². The Labute approximate surface area is 102 Å². The summed E-state index contributed by atoms with van der Waals surface area (Å²) in [5.74, 6) is 0. The van der Waals surface area contributed by atoms with Crippen molar-refractivity contribution in [2.45, 2.75) is 12.5 Å². The summed E-state index contributed by atoms with van der Waals surface area (Å²) in [6.07, 6.45) is 0.881. The Kier molecular flexibility index (Phi) is 3.79. The Balaban J connectivity index is 1.86. The van der Waals surface area contributed by atoms with Gasteiger partial charge in [0, 0.05) is 16.8 Å². The molecule has 0 bridgehead atoms. The van der Waals surface area contributed by atoms with E-state index in [1.54, 1.807) is 0 Å². The maximum atomic E-state index is 11.6. The van der Waals surface area contributed by atoms with Crippen LogP contribution in [0.4, 0.5) is 10.5 Å². The third-order valence-electron chi connectivity index (χ3n) is 2.35. The quantitative estimate of drug-likeness (QED) is 0.876. The van der Waals surface area contributed by atoms with Crippen LogP contribution >= 0.6 is 15.9 Å². The number of hydrogen-bond acceptors (Lipinski definition) is 2. The van der Waals surface area contributed by atoms with E-state index in [1.165, 1.54) is 0 Å². The third-order valence-corrected chi connectivity index (χ3v) is 2.84. The second-order valence-corrected chi connectivity index (χ2v) is 4.58. The fourth-order valence-electron chi connectivity index (χ4n) is 1.57. The van der Waals surface area contributed by atoms with E-state index in [9.17, 15) is 4.79 Å². The van der Waals surface area contributed by atoms with Crippen molar-refractivity contribution in [2.24, 2.45) is 0 Å². The van der Waals surface area contributed by atoms with Crippen LogP contribution in [0, 0.1) is 0 Å². The van der Waals surface area contributed by atoms with Crippen LogP contribution in [0.5, 0.6) is 0 Å². The molecule has 2 N–H and O–H groups in total. The highest BCUT2D eigenvalue weighted by Gasteiger charge is 2.17. The Morgan fingerprint density at radius 1 is 1.50 bits per heavy atom. The number of anilines is 1. The summed E-state index contributed by atoms with van der Waals surface area (Å²) in [6.45, 7) is 1.33. The molecule has 2 rings (SSSR count). The molecule has 0 aliphatic carbocycles. The van der Waals surface area contributed by atoms with Gasteiger partial charge in [-0.1, -0.05) is 22.0 Å². The van der Waals surface area contributed by atoms with Crippen molar-refractivity contribution in [3.05, 3.63) is 28.7 Å². The lowest BCUT2D eigenvalue weighted by molar-refractivity contribution is 0.189. The Bertz CT molecular complexity index is 378. The summed E-state index contributed by atoms with van der Waals surface area (Å²) >= 11 is 3.35. The molecule has 1 aromatic carbocycles. The topological polar surface area (TPSA) is 50.4 Å². The predicted molar refractivity (Wildman–Crippen MR) is 65.5 cm³/mol. The van der Waals surface area contributed by atoms with Gasteiger partial charge in [0.25, 0.3) is 0 Å². The molecule has 1 aliphatic rings. The van der Waals surface area contributed by atoms with E-state index in [1.807, 2.05) is 24.3 Å². The van der Waals surface area contributed by atoms with Crippen LogP contribution in [0.3, 0.4) is 0 Å². The molecule has 1 fully saturated rings. The number of carbonyl (C=O) groups is 1. The normalized spacial score (nSPS) is 19.4. The maximum Gasteiger partial charge on any atom is 0.319 e. The number of hydrogen-bond donors (Lipinski definition) is 2. The van der Waals surface area contributed by atoms with Crippen LogP contribution in [0.15, 0.2) is 28.7 Å². The molecule has 0 unspecified atom stereocenters. The van der Waals surface area contributed by atoms with Gasteiger partial charge in [-0.25, -0.2) is 4.79 Å². The second kappa shape index (κ2) is 5.32. The number of urea groups is 1. The van der Waals surface area contributed by atoms with Crippen molar-refractivity contribution in [3.63, 3.8) is 0 Å². The number of benzene rings is 1. The molecule has 0 saturated carbocycles. The molecule has 5 heteroatoms. The molecule has 1 heterocycles. The molecule has 1 aliphatic heterocycles. The van der Waals surface area contributed by atoms with Crippen molar-refractivity contribution in [1.82, 2.24) is 5.32 Å². The minimum absolute atomic E-state index is 0.132. The number of nitrogens with one attached hydrogen (secondary N) is 2. The lowest BCUT2D eigenvalue weighted by Gasteiger charge is -2.11. The zero-order valence-corrected chi connectivity index (χ0v) is 10.3. The van der Waals surface area contributed by atoms with E-state index in [-0.39, 0.29) is 12.1 Å². The van der Waals surface area contributed by atoms with Crippen LogP contribution in [-0.4, -0.2) is 25.3 Å². The average Bonchev–Trinajstić information content (AvgIpc) is 2.70. The molecular formula is C11H13BrN2O2. The van der Waals surface area contributed by atoms with Gasteiger partial charge in [-0.05, 0) is 24.6 Å². The van der Waals surface area contributed by atoms with Crippen molar-refractivity contribution in [1.29, 1.82) is 0 Å². The zero-order chi connectivity index (χ0) is 11.4. The Hall–Kier alpha value is -1.07. The summed E-state index contributed by atoms with van der Waals surface area (Å²) in [7, 11) is 0. The Morgan fingerprint density at radius 3 is 3.06 bits per heavy atom. The summed E-state index contributed by atoms with van der Waals surface area (Å²) in [6, 6.07) is 7.42. The average molecular weight is 285 g/mol. The molecule has 2 amide bonds. The van der Waals surface area contributed by atoms with Crippen molar-refractivity contribution in [2.75, 3.05) is 18.5 Å². The number of amides is 2. The second-order valence-electron chi connectivity index (χ2n) is 3.67. The first-order chi connectivity index (χ1) is 7.74. The van der Waals surface area contributed by atoms with Crippen molar-refractivity contribution < 1.29 is 9.53 Å². The van der Waals surface area contributed by atoms with E-state index < -0.39 is 0 Å². The number of carbonyl (C=O) groups excluding carboxylic acids is 1. The summed E-state index contributed by atoms with van der Waals surface area (Å²) in [4.78, 5) is 11.6. The minimum Gasteiger partial charge on any atom is -0.379 e. The van der Waals surface area contributed by atoms with Gasteiger partial charge >= 0.3 is 6.03 Å². The molecule has 1 saturated heterocycles. The summed E-state index contributed by atoms with van der Waals surface area (Å²) < 4.78 is 6.12. The summed E-state index contributed by atoms with van der Waals surface area (Å²) in [5, 5.41) is 5.63. The van der Waals surface area contributed by atoms with E-state index >= 15 is 0 Å². The maximum absolute atomic E-state index is 11.6. The van der Waals surface area contributed by atoms with E-state index in [0.29, 0.717) is 6.61 Å². The molecule has 1 aromatic rings. The smallest absolute Gasteiger partial charge is 0.319 e. The predicted octanol–water partition coefficient (Wildman–Crippen LogP) is 2.36. The van der Waals surface area contributed by atoms with Gasteiger partial charge in [0.05, 0.1) is 12.6 Å². The van der Waals surface area contributed by atoms with Gasteiger partial charge in [0.1, 0.15) is 0 Å². The van der Waals surface area contributed by atoms with Gasteiger partial charge in [-0.2, -0.15) is 0 Å². The number of ether oxygens (including phenoxy) is 1. The van der Waals surface area contributed by atoms with Gasteiger partial charge in [0.2, 0.25) is 0 Å². The van der Waals surface area contributed by atoms with Crippen LogP contribution in [0.1, 0.15) is 6.42 Å². The standard InChI is InChI=1S/C11H13BrN2O2/c12-8-2-1-3-9(6-8)13-11(15)14-10-4-5-16-7-10/h1-3,6,10H,4-5,7H2,(H2,13,14,15)/t10-/m0/s1. The lowest BCUT2D eigenvalue weighted by atomic mass is 10.3. The molecule has 1 atom stereocenters. The van der Waals surface area contributed by atoms with E-state index in [4.69, 9.17) is 4.74 Å². The number of rotatable bonds is 2. The first-order valence-electron chi connectivity index (χ1n) is 5.15. The number of halogens is 1. The summed E-state index contributed by atoms with van der Waals surface area (Å²) in [5.41, 5.74) is 0.769. The monoisotopic (exact) mass is 284 g/mol. The van der Waals surface area contributed by atoms with E-state index in [0.717, 1.165) is 23.2 Å². The van der Waals surface area contributed by atoms with Gasteiger partial charge in [0.15, 0.2) is 0 Å². The first kappa shape index (κ1) is 11.4. The van der Waals surface area contributed by atoms with E-state index in [2.05, 4.69) is 26.6 Å². The highest BCUT2D eigenvalue weighted by atomic mass is 79.9. The molecule has 0 radical (unpaired) electrons. The molecule has 16 heavy (non-hydrogen) atoms. The van der Waals surface area contributed by atoms with Gasteiger partial charge in [-0.15, -0.1) is 0 Å². The largest absolute Gasteiger partial charge is 0.379 e. The molecule has 0 aromatic heterocycles. The fourth-order valence-corrected chi connectivity index (χ4v) is 1.97. The third kappa shape index (κ3) is 3.21. The SMILES string of the molecule is O=C(Nc1cccc(Br)c1)N[C@H]1CCOC1. The van der Waals surface area contributed by atoms with Gasteiger partial charge in [-0.3, -0.25) is 0 Å². The van der Waals surface area contributed by atoms with Crippen LogP contribution in [-0.2, 0) is 4.74 Å². The van der Waals surface area contributed by atoms with Crippen LogP contribution < -0.4 is 10.6 Å². The minimum atomic E-state index is -0.186. The molecule has 4 nitrogen and oxygen atoms in total. The fraction of sp³-hybridized carbons (Fsp3) is 0.364. The lowest BCUT2D eigenvalue weighted by Crippen LogP contribution is -2.38. The zero-order valence-electron chi connectivity index (χ0n) is 8.70. The highest BCUT2D eigenvalue weighted by Crippen LogP contribution is 2.15. The highest BCUT2D eigenvalue weighted by molar-refractivity contribution is 9.10. The van der Waals surface area contributed by atoms with Crippen LogP contribution in [0.2, 0.25) is 0 Å². The molecular weight excluding hydrogens is 272 g/mol. The van der Waals surface area contributed by atoms with Crippen molar-refractivity contribution in [3.8, 4) is 0 Å². The van der Waals surface area contributed by atoms with Gasteiger partial charge < -0.3 is 15.4 Å². The molecule has 86 valence electrons. The Morgan fingerprint density at radius 2 is 2.38 bits per heavy atom. The van der Waals surface area contributed by atoms with Crippen LogP contribution in [0.25, 0.3) is 0 Å².